The molecule has 3 heteroatoms. The van der Waals surface area contributed by atoms with Gasteiger partial charge in [-0.3, -0.25) is 4.98 Å². The molecule has 0 bridgehead atoms. The number of nitrogens with zero attached hydrogens (tertiary/aromatic N) is 1. The van der Waals surface area contributed by atoms with E-state index in [0.717, 1.165) is 27.9 Å². The lowest BCUT2D eigenvalue weighted by Crippen LogP contribution is -2.17. The molecule has 0 amide bonds. The summed E-state index contributed by atoms with van der Waals surface area (Å²) in [7, 11) is 0. The highest BCUT2D eigenvalue weighted by Gasteiger charge is 2.13. The van der Waals surface area contributed by atoms with E-state index >= 15 is 0 Å². The predicted octanol–water partition coefficient (Wildman–Crippen LogP) is 3.39. The van der Waals surface area contributed by atoms with Crippen LogP contribution in [0.4, 0.5) is 4.39 Å². The zero-order valence-corrected chi connectivity index (χ0v) is 11.6. The Kier molecular flexibility index (Phi) is 3.96. The van der Waals surface area contributed by atoms with Crippen molar-refractivity contribution >= 4 is 0 Å². The van der Waals surface area contributed by atoms with Crippen LogP contribution in [0.2, 0.25) is 0 Å². The Morgan fingerprint density at radius 2 is 1.89 bits per heavy atom. The van der Waals surface area contributed by atoms with Crippen molar-refractivity contribution in [3.63, 3.8) is 0 Å². The monoisotopic (exact) mass is 258 g/mol. The van der Waals surface area contributed by atoms with Gasteiger partial charge >= 0.3 is 0 Å². The molecular formula is C16H19FN2. The second-order valence-electron chi connectivity index (χ2n) is 5.10. The van der Waals surface area contributed by atoms with Crippen molar-refractivity contribution in [3.05, 3.63) is 64.2 Å². The van der Waals surface area contributed by atoms with E-state index in [1.54, 1.807) is 12.1 Å². The zero-order chi connectivity index (χ0) is 14.0. The minimum atomic E-state index is -0.221. The molecule has 100 valence electrons. The maximum absolute atomic E-state index is 13.3. The summed E-state index contributed by atoms with van der Waals surface area (Å²) in [5, 5.41) is 0. The molecule has 1 aromatic heterocycles. The van der Waals surface area contributed by atoms with E-state index < -0.39 is 0 Å². The largest absolute Gasteiger partial charge is 0.322 e. The smallest absolute Gasteiger partial charge is 0.123 e. The van der Waals surface area contributed by atoms with Crippen LogP contribution in [0.3, 0.4) is 0 Å². The molecule has 0 aliphatic carbocycles. The summed E-state index contributed by atoms with van der Waals surface area (Å²) >= 11 is 0. The van der Waals surface area contributed by atoms with Crippen LogP contribution in [0, 0.1) is 26.6 Å². The molecule has 0 aliphatic rings. The standard InChI is InChI=1S/C16H19FN2/c1-10-6-12(3)16(19-9-10)15(18)8-13-7-14(17)5-4-11(13)2/h4-7,9,15H,8,18H2,1-3H3. The summed E-state index contributed by atoms with van der Waals surface area (Å²) < 4.78 is 13.3. The third kappa shape index (κ3) is 3.18. The molecule has 0 saturated heterocycles. The number of rotatable bonds is 3. The van der Waals surface area contributed by atoms with Gasteiger partial charge in [0.1, 0.15) is 5.82 Å². The molecule has 0 fully saturated rings. The quantitative estimate of drug-likeness (QED) is 0.916. The van der Waals surface area contributed by atoms with Crippen molar-refractivity contribution < 1.29 is 4.39 Å². The van der Waals surface area contributed by atoms with Crippen molar-refractivity contribution in [2.45, 2.75) is 33.2 Å². The fourth-order valence-corrected chi connectivity index (χ4v) is 2.31. The van der Waals surface area contributed by atoms with E-state index in [2.05, 4.69) is 11.1 Å². The number of aryl methyl sites for hydroxylation is 3. The first kappa shape index (κ1) is 13.7. The molecule has 1 unspecified atom stereocenters. The van der Waals surface area contributed by atoms with Gasteiger partial charge in [-0.2, -0.15) is 0 Å². The molecule has 1 atom stereocenters. The van der Waals surface area contributed by atoms with Crippen LogP contribution in [0.15, 0.2) is 30.5 Å². The lowest BCUT2D eigenvalue weighted by Gasteiger charge is -2.15. The van der Waals surface area contributed by atoms with Crippen molar-refractivity contribution in [2.24, 2.45) is 5.73 Å². The summed E-state index contributed by atoms with van der Waals surface area (Å²) in [6.07, 6.45) is 2.42. The van der Waals surface area contributed by atoms with Gasteiger partial charge in [0.15, 0.2) is 0 Å². The third-order valence-electron chi connectivity index (χ3n) is 3.36. The van der Waals surface area contributed by atoms with E-state index in [4.69, 9.17) is 5.73 Å². The molecule has 2 N–H and O–H groups in total. The van der Waals surface area contributed by atoms with Crippen LogP contribution in [-0.2, 0) is 6.42 Å². The normalized spacial score (nSPS) is 12.5. The van der Waals surface area contributed by atoms with Gasteiger partial charge in [-0.25, -0.2) is 4.39 Å². The minimum absolute atomic E-state index is 0.207. The Morgan fingerprint density at radius 1 is 1.16 bits per heavy atom. The number of hydrogen-bond acceptors (Lipinski definition) is 2. The first-order chi connectivity index (χ1) is 8.97. The van der Waals surface area contributed by atoms with E-state index in [0.29, 0.717) is 6.42 Å². The van der Waals surface area contributed by atoms with Gasteiger partial charge in [0.25, 0.3) is 0 Å². The summed E-state index contributed by atoms with van der Waals surface area (Å²) in [5.74, 6) is -0.221. The predicted molar refractivity (Wildman–Crippen MR) is 75.5 cm³/mol. The number of halogens is 1. The summed E-state index contributed by atoms with van der Waals surface area (Å²) in [6.45, 7) is 5.98. The average Bonchev–Trinajstić information content (AvgIpc) is 2.33. The molecular weight excluding hydrogens is 239 g/mol. The van der Waals surface area contributed by atoms with Crippen molar-refractivity contribution in [1.82, 2.24) is 4.98 Å². The number of aromatic nitrogens is 1. The number of benzene rings is 1. The van der Waals surface area contributed by atoms with Crippen LogP contribution in [0.1, 0.15) is 34.0 Å². The molecule has 2 nitrogen and oxygen atoms in total. The van der Waals surface area contributed by atoms with Crippen LogP contribution in [0.5, 0.6) is 0 Å². The van der Waals surface area contributed by atoms with E-state index in [1.165, 1.54) is 6.07 Å². The lowest BCUT2D eigenvalue weighted by atomic mass is 9.97. The molecule has 2 rings (SSSR count). The Labute approximate surface area is 113 Å². The molecule has 0 aliphatic heterocycles. The van der Waals surface area contributed by atoms with Gasteiger partial charge in [0.2, 0.25) is 0 Å². The van der Waals surface area contributed by atoms with Crippen LogP contribution >= 0.6 is 0 Å². The molecule has 0 radical (unpaired) electrons. The molecule has 1 heterocycles. The maximum atomic E-state index is 13.3. The second-order valence-corrected chi connectivity index (χ2v) is 5.10. The molecule has 0 saturated carbocycles. The average molecular weight is 258 g/mol. The SMILES string of the molecule is Cc1cnc(C(N)Cc2cc(F)ccc2C)c(C)c1. The topological polar surface area (TPSA) is 38.9 Å². The highest BCUT2D eigenvalue weighted by molar-refractivity contribution is 5.31. The van der Waals surface area contributed by atoms with E-state index in [9.17, 15) is 4.39 Å². The third-order valence-corrected chi connectivity index (χ3v) is 3.36. The van der Waals surface area contributed by atoms with E-state index in [1.807, 2.05) is 27.0 Å². The first-order valence-corrected chi connectivity index (χ1v) is 6.41. The number of pyridine rings is 1. The highest BCUT2D eigenvalue weighted by atomic mass is 19.1. The highest BCUT2D eigenvalue weighted by Crippen LogP contribution is 2.20. The number of nitrogens with two attached hydrogens (primary N) is 1. The summed E-state index contributed by atoms with van der Waals surface area (Å²) in [6, 6.07) is 6.67. The van der Waals surface area contributed by atoms with E-state index in [-0.39, 0.29) is 11.9 Å². The van der Waals surface area contributed by atoms with Gasteiger partial charge in [-0.15, -0.1) is 0 Å². The van der Waals surface area contributed by atoms with Gasteiger partial charge < -0.3 is 5.73 Å². The molecule has 2 aromatic rings. The van der Waals surface area contributed by atoms with Gasteiger partial charge in [0, 0.05) is 6.20 Å². The van der Waals surface area contributed by atoms with Crippen LogP contribution in [0.25, 0.3) is 0 Å². The zero-order valence-electron chi connectivity index (χ0n) is 11.6. The number of hydrogen-bond donors (Lipinski definition) is 1. The lowest BCUT2D eigenvalue weighted by molar-refractivity contribution is 0.619. The first-order valence-electron chi connectivity index (χ1n) is 6.41. The minimum Gasteiger partial charge on any atom is -0.322 e. The van der Waals surface area contributed by atoms with Gasteiger partial charge in [0.05, 0.1) is 11.7 Å². The van der Waals surface area contributed by atoms with Gasteiger partial charge in [-0.05, 0) is 61.6 Å². The Balaban J connectivity index is 2.25. The maximum Gasteiger partial charge on any atom is 0.123 e. The molecule has 1 aromatic carbocycles. The van der Waals surface area contributed by atoms with Crippen molar-refractivity contribution in [1.29, 1.82) is 0 Å². The Morgan fingerprint density at radius 3 is 2.58 bits per heavy atom. The Bertz CT molecular complexity index is 593. The fraction of sp³-hybridized carbons (Fsp3) is 0.312. The van der Waals surface area contributed by atoms with Crippen LogP contribution in [-0.4, -0.2) is 4.98 Å². The summed E-state index contributed by atoms with van der Waals surface area (Å²) in [5.41, 5.74) is 11.3. The Hall–Kier alpha value is -1.74. The fourth-order valence-electron chi connectivity index (χ4n) is 2.31. The molecule has 19 heavy (non-hydrogen) atoms. The van der Waals surface area contributed by atoms with Gasteiger partial charge in [-0.1, -0.05) is 12.1 Å². The van der Waals surface area contributed by atoms with Crippen LogP contribution < -0.4 is 5.73 Å². The van der Waals surface area contributed by atoms with Crippen molar-refractivity contribution in [3.8, 4) is 0 Å². The van der Waals surface area contributed by atoms with Crippen molar-refractivity contribution in [2.75, 3.05) is 0 Å². The summed E-state index contributed by atoms with van der Waals surface area (Å²) in [4.78, 5) is 4.41. The second kappa shape index (κ2) is 5.49. The molecule has 0 spiro atoms.